The number of nitrogens with zero attached hydrogens (tertiary/aromatic N) is 3. The molecule has 2 aromatic rings. The van der Waals surface area contributed by atoms with Gasteiger partial charge < -0.3 is 10.2 Å². The van der Waals surface area contributed by atoms with Gasteiger partial charge in [-0.2, -0.15) is 0 Å². The number of anilines is 1. The van der Waals surface area contributed by atoms with E-state index >= 15 is 0 Å². The highest BCUT2D eigenvalue weighted by molar-refractivity contribution is 9.10. The highest BCUT2D eigenvalue weighted by atomic mass is 79.9. The van der Waals surface area contributed by atoms with Crippen LogP contribution in [0.25, 0.3) is 5.69 Å². The number of hydrogen-bond acceptors (Lipinski definition) is 4. The smallest absolute Gasteiger partial charge is 0.298 e. The zero-order chi connectivity index (χ0) is 14.7. The van der Waals surface area contributed by atoms with Crippen molar-refractivity contribution in [3.63, 3.8) is 0 Å². The van der Waals surface area contributed by atoms with Crippen LogP contribution in [0, 0.1) is 0 Å². The van der Waals surface area contributed by atoms with E-state index in [-0.39, 0.29) is 5.56 Å². The second-order valence-corrected chi connectivity index (χ2v) is 5.91. The van der Waals surface area contributed by atoms with Crippen LogP contribution in [0.2, 0.25) is 0 Å². The number of hydrogen-bond donors (Lipinski definition) is 1. The maximum atomic E-state index is 12.7. The van der Waals surface area contributed by atoms with Crippen LogP contribution in [0.3, 0.4) is 0 Å². The van der Waals surface area contributed by atoms with Crippen molar-refractivity contribution in [1.29, 1.82) is 0 Å². The van der Waals surface area contributed by atoms with Gasteiger partial charge in [0.15, 0.2) is 5.82 Å². The molecule has 0 saturated carbocycles. The van der Waals surface area contributed by atoms with Crippen molar-refractivity contribution in [3.8, 4) is 5.69 Å². The molecule has 1 fully saturated rings. The molecule has 1 aromatic heterocycles. The molecule has 1 saturated heterocycles. The lowest BCUT2D eigenvalue weighted by molar-refractivity contribution is 0.724. The molecular weight excluding hydrogens is 332 g/mol. The van der Waals surface area contributed by atoms with Gasteiger partial charge in [0.05, 0.1) is 0 Å². The van der Waals surface area contributed by atoms with E-state index < -0.39 is 0 Å². The largest absolute Gasteiger partial charge is 0.351 e. The van der Waals surface area contributed by atoms with Gasteiger partial charge in [0.2, 0.25) is 0 Å². The Morgan fingerprint density at radius 3 is 3.00 bits per heavy atom. The Balaban J connectivity index is 2.00. The Labute approximate surface area is 131 Å². The third-order valence-electron chi connectivity index (χ3n) is 3.55. The molecule has 1 aliphatic heterocycles. The van der Waals surface area contributed by atoms with Gasteiger partial charge in [-0.3, -0.25) is 9.36 Å². The highest BCUT2D eigenvalue weighted by Crippen LogP contribution is 2.15. The molecular formula is C15H17BrN4O. The summed E-state index contributed by atoms with van der Waals surface area (Å²) < 4.78 is 2.59. The standard InChI is InChI=1S/C15H17BrN4O/c16-12-3-1-4-13(11-12)20-10-7-18-14(15(20)21)19-8-2-5-17-6-9-19/h1,3-4,7,10-11,17H,2,5-6,8-9H2. The number of benzene rings is 1. The molecule has 0 atom stereocenters. The van der Waals surface area contributed by atoms with Crippen molar-refractivity contribution in [2.75, 3.05) is 31.1 Å². The summed E-state index contributed by atoms with van der Waals surface area (Å²) in [7, 11) is 0. The van der Waals surface area contributed by atoms with E-state index in [2.05, 4.69) is 31.1 Å². The van der Waals surface area contributed by atoms with Gasteiger partial charge in [-0.15, -0.1) is 0 Å². The van der Waals surface area contributed by atoms with Crippen LogP contribution in [0.1, 0.15) is 6.42 Å². The van der Waals surface area contributed by atoms with Crippen LogP contribution in [0.15, 0.2) is 45.9 Å². The molecule has 6 heteroatoms. The number of halogens is 1. The van der Waals surface area contributed by atoms with E-state index in [0.29, 0.717) is 5.82 Å². The van der Waals surface area contributed by atoms with E-state index in [1.165, 1.54) is 0 Å². The average Bonchev–Trinajstić information content (AvgIpc) is 2.76. The van der Waals surface area contributed by atoms with Gasteiger partial charge in [-0.25, -0.2) is 4.98 Å². The zero-order valence-electron chi connectivity index (χ0n) is 11.6. The maximum absolute atomic E-state index is 12.7. The fourth-order valence-electron chi connectivity index (χ4n) is 2.50. The van der Waals surface area contributed by atoms with E-state index in [4.69, 9.17) is 0 Å². The fourth-order valence-corrected chi connectivity index (χ4v) is 2.89. The first-order valence-electron chi connectivity index (χ1n) is 7.05. The Morgan fingerprint density at radius 2 is 2.14 bits per heavy atom. The molecule has 1 aromatic carbocycles. The molecule has 1 N–H and O–H groups in total. The van der Waals surface area contributed by atoms with Crippen LogP contribution in [0.5, 0.6) is 0 Å². The molecule has 5 nitrogen and oxygen atoms in total. The lowest BCUT2D eigenvalue weighted by Gasteiger charge is -2.20. The predicted molar refractivity (Wildman–Crippen MR) is 87.2 cm³/mol. The maximum Gasteiger partial charge on any atom is 0.298 e. The topological polar surface area (TPSA) is 50.2 Å². The molecule has 0 bridgehead atoms. The lowest BCUT2D eigenvalue weighted by Crippen LogP contribution is -2.35. The molecule has 0 amide bonds. The molecule has 0 aliphatic carbocycles. The molecule has 2 heterocycles. The Morgan fingerprint density at radius 1 is 1.24 bits per heavy atom. The van der Waals surface area contributed by atoms with Gasteiger partial charge in [0.25, 0.3) is 5.56 Å². The van der Waals surface area contributed by atoms with Crippen molar-refractivity contribution < 1.29 is 0 Å². The summed E-state index contributed by atoms with van der Waals surface area (Å²) in [5.41, 5.74) is 0.767. The fraction of sp³-hybridized carbons (Fsp3) is 0.333. The second-order valence-electron chi connectivity index (χ2n) is 5.00. The van der Waals surface area contributed by atoms with Gasteiger partial charge in [-0.05, 0) is 31.2 Å². The summed E-state index contributed by atoms with van der Waals surface area (Å²) in [6.45, 7) is 3.54. The highest BCUT2D eigenvalue weighted by Gasteiger charge is 2.15. The molecule has 3 rings (SSSR count). The van der Waals surface area contributed by atoms with Crippen molar-refractivity contribution in [2.45, 2.75) is 6.42 Å². The first-order chi connectivity index (χ1) is 10.3. The second kappa shape index (κ2) is 6.41. The summed E-state index contributed by atoms with van der Waals surface area (Å²) in [6.07, 6.45) is 4.42. The predicted octanol–water partition coefficient (Wildman–Crippen LogP) is 1.79. The summed E-state index contributed by atoms with van der Waals surface area (Å²) >= 11 is 3.44. The quantitative estimate of drug-likeness (QED) is 0.898. The van der Waals surface area contributed by atoms with Crippen molar-refractivity contribution >= 4 is 21.7 Å². The number of aromatic nitrogens is 2. The van der Waals surface area contributed by atoms with E-state index in [1.54, 1.807) is 17.0 Å². The van der Waals surface area contributed by atoms with Gasteiger partial charge >= 0.3 is 0 Å². The Hall–Kier alpha value is -1.66. The summed E-state index contributed by atoms with van der Waals surface area (Å²) in [5.74, 6) is 0.529. The molecule has 110 valence electrons. The van der Waals surface area contributed by atoms with Crippen molar-refractivity contribution in [2.24, 2.45) is 0 Å². The van der Waals surface area contributed by atoms with Crippen LogP contribution < -0.4 is 15.8 Å². The summed E-state index contributed by atoms with van der Waals surface area (Å²) in [6, 6.07) is 7.70. The van der Waals surface area contributed by atoms with E-state index in [1.807, 2.05) is 24.3 Å². The molecule has 1 aliphatic rings. The summed E-state index contributed by atoms with van der Waals surface area (Å²) in [5, 5.41) is 3.34. The van der Waals surface area contributed by atoms with E-state index in [0.717, 1.165) is 42.8 Å². The molecule has 0 unspecified atom stereocenters. The van der Waals surface area contributed by atoms with Crippen LogP contribution in [-0.2, 0) is 0 Å². The Kier molecular flexibility index (Phi) is 4.36. The molecule has 21 heavy (non-hydrogen) atoms. The van der Waals surface area contributed by atoms with Gasteiger partial charge in [0, 0.05) is 42.2 Å². The minimum absolute atomic E-state index is 0.0718. The minimum atomic E-state index is -0.0718. The summed E-state index contributed by atoms with van der Waals surface area (Å²) in [4.78, 5) is 19.1. The first kappa shape index (κ1) is 14.3. The van der Waals surface area contributed by atoms with Crippen molar-refractivity contribution in [3.05, 3.63) is 51.5 Å². The third-order valence-corrected chi connectivity index (χ3v) is 4.04. The zero-order valence-corrected chi connectivity index (χ0v) is 13.2. The average molecular weight is 349 g/mol. The SMILES string of the molecule is O=c1c(N2CCCNCC2)nccn1-c1cccc(Br)c1. The molecule has 0 spiro atoms. The monoisotopic (exact) mass is 348 g/mol. The lowest BCUT2D eigenvalue weighted by atomic mass is 10.3. The normalized spacial score (nSPS) is 15.8. The van der Waals surface area contributed by atoms with Crippen LogP contribution >= 0.6 is 15.9 Å². The van der Waals surface area contributed by atoms with Crippen LogP contribution in [0.4, 0.5) is 5.82 Å². The first-order valence-corrected chi connectivity index (χ1v) is 7.84. The van der Waals surface area contributed by atoms with Gasteiger partial charge in [0.1, 0.15) is 0 Å². The Bertz CT molecular complexity index is 677. The molecule has 0 radical (unpaired) electrons. The third kappa shape index (κ3) is 3.16. The minimum Gasteiger partial charge on any atom is -0.351 e. The van der Waals surface area contributed by atoms with Crippen LogP contribution in [-0.4, -0.2) is 35.7 Å². The number of nitrogens with one attached hydrogen (secondary N) is 1. The number of rotatable bonds is 2. The van der Waals surface area contributed by atoms with Crippen molar-refractivity contribution in [1.82, 2.24) is 14.9 Å². The van der Waals surface area contributed by atoms with Gasteiger partial charge in [-0.1, -0.05) is 22.0 Å². The van der Waals surface area contributed by atoms with E-state index in [9.17, 15) is 4.79 Å².